The molecule has 0 bridgehead atoms. The molecular weight excluding hydrogens is 347 g/mol. The van der Waals surface area contributed by atoms with Crippen molar-refractivity contribution in [2.75, 3.05) is 0 Å². The predicted octanol–water partition coefficient (Wildman–Crippen LogP) is 3.90. The van der Waals surface area contributed by atoms with Gasteiger partial charge < -0.3 is 0 Å². The van der Waals surface area contributed by atoms with Crippen LogP contribution in [0.3, 0.4) is 0 Å². The van der Waals surface area contributed by atoms with Crippen LogP contribution in [0.1, 0.15) is 48.1 Å². The molecule has 1 aliphatic carbocycles. The van der Waals surface area contributed by atoms with E-state index >= 15 is 0 Å². The van der Waals surface area contributed by atoms with Crippen LogP contribution in [0.15, 0.2) is 27.5 Å². The first-order valence-electron chi connectivity index (χ1n) is 7.60. The molecule has 2 aromatic rings. The number of hydrogen-bond donors (Lipinski definition) is 1. The number of nitrogens with one attached hydrogen (secondary N) is 1. The second-order valence-corrected chi connectivity index (χ2v) is 6.80. The highest BCUT2D eigenvalue weighted by Crippen LogP contribution is 2.27. The third-order valence-electron chi connectivity index (χ3n) is 4.39. The Balaban J connectivity index is 1.89. The second-order valence-electron chi connectivity index (χ2n) is 5.94. The van der Waals surface area contributed by atoms with Crippen molar-refractivity contribution in [3.8, 4) is 0 Å². The number of aromatic amines is 1. The molecule has 1 N–H and O–H groups in total. The van der Waals surface area contributed by atoms with Gasteiger partial charge in [-0.1, -0.05) is 13.0 Å². The van der Waals surface area contributed by atoms with E-state index in [1.165, 1.54) is 6.07 Å². The van der Waals surface area contributed by atoms with Gasteiger partial charge in [0.25, 0.3) is 5.56 Å². The Morgan fingerprint density at radius 3 is 2.77 bits per heavy atom. The molecule has 5 heteroatoms. The fourth-order valence-corrected chi connectivity index (χ4v) is 3.52. The zero-order chi connectivity index (χ0) is 15.7. The van der Waals surface area contributed by atoms with E-state index in [1.807, 2.05) is 12.1 Å². The number of nitrogens with zero attached hydrogens (tertiary/aromatic N) is 1. The molecule has 3 rings (SSSR count). The number of H-pyrrole nitrogens is 1. The Kier molecular flexibility index (Phi) is 4.43. The highest BCUT2D eigenvalue weighted by Gasteiger charge is 2.19. The van der Waals surface area contributed by atoms with Gasteiger partial charge in [-0.25, -0.2) is 9.49 Å². The van der Waals surface area contributed by atoms with Crippen LogP contribution in [0, 0.1) is 5.82 Å². The Labute approximate surface area is 137 Å². The zero-order valence-corrected chi connectivity index (χ0v) is 14.0. The van der Waals surface area contributed by atoms with Crippen molar-refractivity contribution >= 4 is 15.9 Å². The summed E-state index contributed by atoms with van der Waals surface area (Å²) >= 11 is 3.23. The normalized spacial score (nSPS) is 15.4. The molecule has 22 heavy (non-hydrogen) atoms. The molecular formula is C17H18BrFN2O. The molecule has 0 spiro atoms. The summed E-state index contributed by atoms with van der Waals surface area (Å²) in [6.07, 6.45) is 4.71. The van der Waals surface area contributed by atoms with Crippen LogP contribution in [-0.4, -0.2) is 10.2 Å². The lowest BCUT2D eigenvalue weighted by molar-refractivity contribution is 0.615. The van der Waals surface area contributed by atoms with Crippen molar-refractivity contribution in [2.45, 2.75) is 44.9 Å². The average molecular weight is 365 g/mol. The van der Waals surface area contributed by atoms with Crippen LogP contribution >= 0.6 is 15.9 Å². The van der Waals surface area contributed by atoms with Crippen molar-refractivity contribution < 1.29 is 4.39 Å². The SMILES string of the molecule is CC(Cc1n[nH]c(=O)c2c1CCCC2)c1ccc(F)c(Br)c1. The molecule has 1 aromatic heterocycles. The quantitative estimate of drug-likeness (QED) is 0.897. The van der Waals surface area contributed by atoms with E-state index in [4.69, 9.17) is 0 Å². The second kappa shape index (κ2) is 6.32. The maximum atomic E-state index is 13.4. The molecule has 0 radical (unpaired) electrons. The van der Waals surface area contributed by atoms with E-state index in [0.29, 0.717) is 4.47 Å². The molecule has 0 saturated carbocycles. The number of rotatable bonds is 3. The smallest absolute Gasteiger partial charge is 0.267 e. The van der Waals surface area contributed by atoms with Gasteiger partial charge in [-0.3, -0.25) is 4.79 Å². The molecule has 1 aliphatic rings. The average Bonchev–Trinajstić information content (AvgIpc) is 2.53. The number of aromatic nitrogens is 2. The summed E-state index contributed by atoms with van der Waals surface area (Å²) in [7, 11) is 0. The van der Waals surface area contributed by atoms with Crippen LogP contribution in [-0.2, 0) is 19.3 Å². The Morgan fingerprint density at radius 2 is 2.05 bits per heavy atom. The first-order valence-corrected chi connectivity index (χ1v) is 8.40. The van der Waals surface area contributed by atoms with Gasteiger partial charge in [0, 0.05) is 5.56 Å². The van der Waals surface area contributed by atoms with E-state index in [0.717, 1.165) is 54.5 Å². The van der Waals surface area contributed by atoms with E-state index in [2.05, 4.69) is 33.1 Å². The zero-order valence-electron chi connectivity index (χ0n) is 12.5. The van der Waals surface area contributed by atoms with Gasteiger partial charge in [0.2, 0.25) is 0 Å². The minimum atomic E-state index is -0.254. The van der Waals surface area contributed by atoms with Crippen LogP contribution < -0.4 is 5.56 Å². The lowest BCUT2D eigenvalue weighted by Crippen LogP contribution is -2.23. The molecule has 3 nitrogen and oxygen atoms in total. The summed E-state index contributed by atoms with van der Waals surface area (Å²) in [6.45, 7) is 2.10. The van der Waals surface area contributed by atoms with Crippen LogP contribution in [0.4, 0.5) is 4.39 Å². The van der Waals surface area contributed by atoms with Crippen molar-refractivity contribution in [1.29, 1.82) is 0 Å². The fourth-order valence-electron chi connectivity index (χ4n) is 3.12. The maximum absolute atomic E-state index is 13.4. The molecule has 1 atom stereocenters. The Morgan fingerprint density at radius 1 is 1.32 bits per heavy atom. The summed E-state index contributed by atoms with van der Waals surface area (Å²) in [5, 5.41) is 6.90. The largest absolute Gasteiger partial charge is 0.268 e. The molecule has 0 saturated heterocycles. The van der Waals surface area contributed by atoms with Crippen molar-refractivity contribution in [3.63, 3.8) is 0 Å². The van der Waals surface area contributed by atoms with Gasteiger partial charge >= 0.3 is 0 Å². The lowest BCUT2D eigenvalue weighted by atomic mass is 9.88. The molecule has 1 aromatic carbocycles. The monoisotopic (exact) mass is 364 g/mol. The van der Waals surface area contributed by atoms with Gasteiger partial charge in [0.05, 0.1) is 10.2 Å². The van der Waals surface area contributed by atoms with Crippen LogP contribution in [0.5, 0.6) is 0 Å². The summed E-state index contributed by atoms with van der Waals surface area (Å²) in [6, 6.07) is 5.10. The van der Waals surface area contributed by atoms with Gasteiger partial charge in [0.15, 0.2) is 0 Å². The summed E-state index contributed by atoms with van der Waals surface area (Å²) < 4.78 is 13.8. The summed E-state index contributed by atoms with van der Waals surface area (Å²) in [5.41, 5.74) is 4.02. The van der Waals surface area contributed by atoms with Gasteiger partial charge in [-0.05, 0) is 77.2 Å². The molecule has 1 heterocycles. The number of benzene rings is 1. The van der Waals surface area contributed by atoms with Crippen molar-refractivity contribution in [3.05, 3.63) is 61.2 Å². The lowest BCUT2D eigenvalue weighted by Gasteiger charge is -2.19. The van der Waals surface area contributed by atoms with Gasteiger partial charge in [-0.2, -0.15) is 5.10 Å². The molecule has 0 aliphatic heterocycles. The third kappa shape index (κ3) is 3.00. The maximum Gasteiger partial charge on any atom is 0.267 e. The van der Waals surface area contributed by atoms with Crippen LogP contribution in [0.25, 0.3) is 0 Å². The number of halogens is 2. The number of hydrogen-bond acceptors (Lipinski definition) is 2. The van der Waals surface area contributed by atoms with Crippen molar-refractivity contribution in [1.82, 2.24) is 10.2 Å². The number of fused-ring (bicyclic) bond motifs is 1. The van der Waals surface area contributed by atoms with Crippen molar-refractivity contribution in [2.24, 2.45) is 0 Å². The van der Waals surface area contributed by atoms with E-state index in [-0.39, 0.29) is 17.3 Å². The molecule has 116 valence electrons. The minimum Gasteiger partial charge on any atom is -0.268 e. The van der Waals surface area contributed by atoms with Crippen LogP contribution in [0.2, 0.25) is 0 Å². The van der Waals surface area contributed by atoms with E-state index in [9.17, 15) is 9.18 Å². The summed E-state index contributed by atoms with van der Waals surface area (Å²) in [4.78, 5) is 11.9. The molecule has 0 amide bonds. The standard InChI is InChI=1S/C17H18BrFN2O/c1-10(11-6-7-15(19)14(18)9-11)8-16-12-4-2-3-5-13(12)17(22)21-20-16/h6-7,9-10H,2-5,8H2,1H3,(H,21,22). The first kappa shape index (κ1) is 15.4. The topological polar surface area (TPSA) is 45.8 Å². The predicted molar refractivity (Wildman–Crippen MR) is 87.7 cm³/mol. The Hall–Kier alpha value is -1.49. The van der Waals surface area contributed by atoms with Gasteiger partial charge in [-0.15, -0.1) is 0 Å². The van der Waals surface area contributed by atoms with Gasteiger partial charge in [0.1, 0.15) is 5.82 Å². The molecule has 0 fully saturated rings. The van der Waals surface area contributed by atoms with E-state index < -0.39 is 0 Å². The van der Waals surface area contributed by atoms with E-state index in [1.54, 1.807) is 0 Å². The molecule has 1 unspecified atom stereocenters. The highest BCUT2D eigenvalue weighted by molar-refractivity contribution is 9.10. The fraction of sp³-hybridized carbons (Fsp3) is 0.412. The summed E-state index contributed by atoms with van der Waals surface area (Å²) in [5.74, 6) is -0.0446. The third-order valence-corrected chi connectivity index (χ3v) is 5.00. The highest BCUT2D eigenvalue weighted by atomic mass is 79.9. The Bertz CT molecular complexity index is 757. The first-order chi connectivity index (χ1) is 10.6. The minimum absolute atomic E-state index is 0.0457.